The van der Waals surface area contributed by atoms with Gasteiger partial charge in [-0.1, -0.05) is 42.5 Å². The summed E-state index contributed by atoms with van der Waals surface area (Å²) in [5.74, 6) is 0. The molecule has 1 aliphatic heterocycles. The van der Waals surface area contributed by atoms with Gasteiger partial charge in [0.2, 0.25) is 0 Å². The maximum absolute atomic E-state index is 12.6. The maximum Gasteiger partial charge on any atom is 0.410 e. The van der Waals surface area contributed by atoms with Gasteiger partial charge in [-0.15, -0.1) is 11.3 Å². The van der Waals surface area contributed by atoms with Crippen molar-refractivity contribution >= 4 is 44.0 Å². The molecule has 0 saturated carbocycles. The van der Waals surface area contributed by atoms with Crippen LogP contribution in [0.5, 0.6) is 0 Å². The second kappa shape index (κ2) is 7.90. The molecule has 30 heavy (non-hydrogen) atoms. The third-order valence-electron chi connectivity index (χ3n) is 5.11. The first-order chi connectivity index (χ1) is 14.7. The highest BCUT2D eigenvalue weighted by atomic mass is 32.1. The molecule has 0 saturated heterocycles. The van der Waals surface area contributed by atoms with Gasteiger partial charge in [0.25, 0.3) is 5.00 Å². The predicted octanol–water partition coefficient (Wildman–Crippen LogP) is 6.27. The van der Waals surface area contributed by atoms with Crippen LogP contribution in [0, 0.1) is 6.57 Å². The minimum absolute atomic E-state index is 0.262. The summed E-state index contributed by atoms with van der Waals surface area (Å²) in [5.41, 5.74) is 4.02. The van der Waals surface area contributed by atoms with Gasteiger partial charge in [0.05, 0.1) is 23.3 Å². The largest absolute Gasteiger partial charge is 0.445 e. The van der Waals surface area contributed by atoms with Crippen LogP contribution in [0.15, 0.2) is 54.6 Å². The smallest absolute Gasteiger partial charge is 0.410 e. The molecule has 5 nitrogen and oxygen atoms in total. The maximum atomic E-state index is 12.6. The third kappa shape index (κ3) is 3.45. The van der Waals surface area contributed by atoms with Crippen molar-refractivity contribution in [2.75, 3.05) is 6.54 Å². The Balaban J connectivity index is 1.38. The van der Waals surface area contributed by atoms with E-state index in [0.717, 1.165) is 36.8 Å². The number of rotatable bonds is 3. The molecule has 148 valence electrons. The van der Waals surface area contributed by atoms with E-state index in [1.807, 2.05) is 48.5 Å². The number of hydrogen-bond donors (Lipinski definition) is 0. The van der Waals surface area contributed by atoms with Crippen LogP contribution in [0.1, 0.15) is 16.0 Å². The predicted molar refractivity (Wildman–Crippen MR) is 120 cm³/mol. The summed E-state index contributed by atoms with van der Waals surface area (Å²) in [4.78, 5) is 23.9. The average molecular weight is 432 g/mol. The quantitative estimate of drug-likeness (QED) is 0.359. The number of thiazole rings is 1. The van der Waals surface area contributed by atoms with Crippen LogP contribution < -0.4 is 0 Å². The second-order valence-corrected chi connectivity index (χ2v) is 9.11. The highest BCUT2D eigenvalue weighted by molar-refractivity contribution is 7.22. The zero-order chi connectivity index (χ0) is 20.5. The van der Waals surface area contributed by atoms with Gasteiger partial charge >= 0.3 is 6.09 Å². The lowest BCUT2D eigenvalue weighted by molar-refractivity contribution is 0.0924. The Bertz CT molecular complexity index is 1240. The lowest BCUT2D eigenvalue weighted by Crippen LogP contribution is -2.35. The normalized spacial score (nSPS) is 13.1. The number of nitrogens with zero attached hydrogens (tertiary/aromatic N) is 3. The summed E-state index contributed by atoms with van der Waals surface area (Å²) >= 11 is 3.08. The number of para-hydroxylation sites is 1. The Kier molecular flexibility index (Phi) is 4.95. The molecule has 0 bridgehead atoms. The van der Waals surface area contributed by atoms with Gasteiger partial charge in [0, 0.05) is 17.0 Å². The monoisotopic (exact) mass is 431 g/mol. The van der Waals surface area contributed by atoms with E-state index in [2.05, 4.69) is 10.9 Å². The molecule has 5 rings (SSSR count). The van der Waals surface area contributed by atoms with E-state index < -0.39 is 0 Å². The zero-order valence-corrected chi connectivity index (χ0v) is 17.6. The van der Waals surface area contributed by atoms with Crippen molar-refractivity contribution in [1.29, 1.82) is 0 Å². The Labute approximate surface area is 182 Å². The van der Waals surface area contributed by atoms with E-state index in [4.69, 9.17) is 16.3 Å². The van der Waals surface area contributed by atoms with Crippen molar-refractivity contribution < 1.29 is 9.53 Å². The molecule has 2 aromatic heterocycles. The summed E-state index contributed by atoms with van der Waals surface area (Å²) in [7, 11) is 0. The van der Waals surface area contributed by atoms with E-state index in [0.29, 0.717) is 24.5 Å². The van der Waals surface area contributed by atoms with Crippen LogP contribution in [0.2, 0.25) is 0 Å². The van der Waals surface area contributed by atoms with Crippen molar-refractivity contribution in [2.45, 2.75) is 19.6 Å². The Morgan fingerprint density at radius 3 is 2.73 bits per heavy atom. The Morgan fingerprint density at radius 2 is 1.93 bits per heavy atom. The van der Waals surface area contributed by atoms with Crippen LogP contribution >= 0.6 is 22.7 Å². The summed E-state index contributed by atoms with van der Waals surface area (Å²) in [6.07, 6.45) is 0.386. The molecule has 4 aromatic rings. The van der Waals surface area contributed by atoms with Gasteiger partial charge in [-0.25, -0.2) is 14.6 Å². The van der Waals surface area contributed by atoms with E-state index in [1.165, 1.54) is 11.3 Å². The molecule has 0 fully saturated rings. The first-order valence-corrected chi connectivity index (χ1v) is 11.2. The minimum Gasteiger partial charge on any atom is -0.445 e. The topological polar surface area (TPSA) is 46.8 Å². The zero-order valence-electron chi connectivity index (χ0n) is 16.0. The van der Waals surface area contributed by atoms with Crippen LogP contribution in [0.25, 0.3) is 25.6 Å². The first kappa shape index (κ1) is 18.8. The van der Waals surface area contributed by atoms with Gasteiger partial charge < -0.3 is 9.64 Å². The lowest BCUT2D eigenvalue weighted by atomic mass is 10.0. The van der Waals surface area contributed by atoms with Crippen molar-refractivity contribution in [3.8, 4) is 10.6 Å². The van der Waals surface area contributed by atoms with Gasteiger partial charge in [-0.3, -0.25) is 0 Å². The fraction of sp³-hybridized carbons (Fsp3) is 0.174. The fourth-order valence-electron chi connectivity index (χ4n) is 3.63. The van der Waals surface area contributed by atoms with E-state index in [-0.39, 0.29) is 12.7 Å². The number of thiophene rings is 1. The van der Waals surface area contributed by atoms with Crippen molar-refractivity contribution in [3.05, 3.63) is 82.0 Å². The lowest BCUT2D eigenvalue weighted by Gasteiger charge is -2.26. The molecule has 2 aromatic carbocycles. The summed E-state index contributed by atoms with van der Waals surface area (Å²) in [6, 6.07) is 17.7. The van der Waals surface area contributed by atoms with Crippen molar-refractivity contribution in [2.24, 2.45) is 0 Å². The third-order valence-corrected chi connectivity index (χ3v) is 7.28. The highest BCUT2D eigenvalue weighted by Gasteiger charge is 2.29. The second-order valence-electron chi connectivity index (χ2n) is 6.99. The highest BCUT2D eigenvalue weighted by Crippen LogP contribution is 2.47. The van der Waals surface area contributed by atoms with Crippen molar-refractivity contribution in [1.82, 2.24) is 9.88 Å². The number of hydrogen-bond acceptors (Lipinski definition) is 5. The van der Waals surface area contributed by atoms with Gasteiger partial charge in [-0.05, 0) is 29.7 Å². The molecule has 0 spiro atoms. The molecule has 1 aliphatic rings. The number of benzene rings is 2. The van der Waals surface area contributed by atoms with Crippen LogP contribution in [0.4, 0.5) is 9.80 Å². The summed E-state index contributed by atoms with van der Waals surface area (Å²) in [5, 5.41) is 1.54. The molecule has 0 atom stereocenters. The molecule has 0 radical (unpaired) electrons. The van der Waals surface area contributed by atoms with Gasteiger partial charge in [0.1, 0.15) is 11.6 Å². The van der Waals surface area contributed by atoms with E-state index in [1.54, 1.807) is 16.2 Å². The van der Waals surface area contributed by atoms with E-state index in [9.17, 15) is 4.79 Å². The number of fused-ring (bicyclic) bond motifs is 2. The Morgan fingerprint density at radius 1 is 1.13 bits per heavy atom. The number of ether oxygens (including phenoxy) is 1. The molecular formula is C23H17N3O2S2. The molecule has 3 heterocycles. The SMILES string of the molecule is [C-]#[N+]c1sc2c(c1-c1nc3ccccc3s1)CCN(C(=O)OCc1ccccc1)C2. The average Bonchev–Trinajstić information content (AvgIpc) is 3.38. The molecule has 0 aliphatic carbocycles. The van der Waals surface area contributed by atoms with E-state index >= 15 is 0 Å². The standard InChI is InChI=1S/C23H17N3O2S2/c1-24-21-20(22-25-17-9-5-6-10-18(17)29-22)16-11-12-26(13-19(16)30-21)23(27)28-14-15-7-3-2-4-8-15/h2-10H,11-14H2. The molecular weight excluding hydrogens is 414 g/mol. The minimum atomic E-state index is -0.316. The number of aromatic nitrogens is 1. The van der Waals surface area contributed by atoms with Gasteiger partial charge in [-0.2, -0.15) is 11.3 Å². The number of amides is 1. The van der Waals surface area contributed by atoms with Crippen LogP contribution in [-0.4, -0.2) is 22.5 Å². The van der Waals surface area contributed by atoms with Crippen LogP contribution in [-0.2, 0) is 24.3 Å². The Hall–Kier alpha value is -3.21. The molecule has 0 N–H and O–H groups in total. The molecule has 0 unspecified atom stereocenters. The first-order valence-electron chi connectivity index (χ1n) is 9.56. The molecule has 7 heteroatoms. The fourth-order valence-corrected chi connectivity index (χ4v) is 5.89. The molecule has 1 amide bonds. The van der Waals surface area contributed by atoms with Crippen molar-refractivity contribution in [3.63, 3.8) is 0 Å². The van der Waals surface area contributed by atoms with Crippen LogP contribution in [0.3, 0.4) is 0 Å². The number of carbonyl (C=O) groups is 1. The summed E-state index contributed by atoms with van der Waals surface area (Å²) in [6.45, 7) is 8.96. The van der Waals surface area contributed by atoms with Gasteiger partial charge in [0.15, 0.2) is 0 Å². The summed E-state index contributed by atoms with van der Waals surface area (Å²) < 4.78 is 6.61. The number of carbonyl (C=O) groups excluding carboxylic acids is 1.